The van der Waals surface area contributed by atoms with Crippen LogP contribution in [0, 0.1) is 6.92 Å². The predicted octanol–water partition coefficient (Wildman–Crippen LogP) is 3.15. The SMILES string of the molecule is COC/C=C/C(=O)N1CCC[C@H]1c1nc(-c2ccc(C)cc2)c2c(N)nccn12. The highest BCUT2D eigenvalue weighted by atomic mass is 16.5. The van der Waals surface area contributed by atoms with E-state index in [1.165, 1.54) is 5.56 Å². The first-order valence-electron chi connectivity index (χ1n) is 9.75. The molecule has 0 radical (unpaired) electrons. The highest BCUT2D eigenvalue weighted by Gasteiger charge is 2.33. The van der Waals surface area contributed by atoms with Gasteiger partial charge in [0.1, 0.15) is 22.9 Å². The molecule has 0 unspecified atom stereocenters. The van der Waals surface area contributed by atoms with Gasteiger partial charge in [0.05, 0.1) is 12.6 Å². The Morgan fingerprint density at radius 1 is 1.34 bits per heavy atom. The predicted molar refractivity (Wildman–Crippen MR) is 112 cm³/mol. The number of hydrogen-bond donors (Lipinski definition) is 1. The standard InChI is InChI=1S/C22H25N5O2/c1-15-7-9-16(10-8-15)19-20-21(23)24-11-13-27(20)22(25-19)17-5-3-12-26(17)18(28)6-4-14-29-2/h4,6-11,13,17H,3,5,12,14H2,1-2H3,(H2,23,24)/b6-4+/t17-/m0/s1. The Morgan fingerprint density at radius 3 is 2.90 bits per heavy atom. The Balaban J connectivity index is 1.79. The van der Waals surface area contributed by atoms with Gasteiger partial charge in [0.15, 0.2) is 0 Å². The van der Waals surface area contributed by atoms with Crippen LogP contribution in [-0.4, -0.2) is 45.4 Å². The second-order valence-electron chi connectivity index (χ2n) is 7.26. The second-order valence-corrected chi connectivity index (χ2v) is 7.26. The van der Waals surface area contributed by atoms with Crippen LogP contribution in [0.2, 0.25) is 0 Å². The molecule has 1 aliphatic heterocycles. The maximum Gasteiger partial charge on any atom is 0.246 e. The Bertz CT molecular complexity index is 1050. The molecule has 1 aromatic carbocycles. The molecule has 4 rings (SSSR count). The van der Waals surface area contributed by atoms with E-state index in [0.29, 0.717) is 19.0 Å². The number of carbonyl (C=O) groups excluding carboxylic acids is 1. The molecule has 7 heteroatoms. The van der Waals surface area contributed by atoms with E-state index >= 15 is 0 Å². The molecule has 0 bridgehead atoms. The first kappa shape index (κ1) is 19.1. The van der Waals surface area contributed by atoms with Crippen molar-refractivity contribution in [3.8, 4) is 11.3 Å². The number of nitrogens with two attached hydrogens (primary N) is 1. The lowest BCUT2D eigenvalue weighted by Crippen LogP contribution is -2.30. The Hall–Kier alpha value is -3.19. The summed E-state index contributed by atoms with van der Waals surface area (Å²) in [5.74, 6) is 1.22. The van der Waals surface area contributed by atoms with E-state index in [2.05, 4.69) is 24.0 Å². The molecule has 1 amide bonds. The van der Waals surface area contributed by atoms with E-state index in [0.717, 1.165) is 35.4 Å². The van der Waals surface area contributed by atoms with Crippen LogP contribution in [0.25, 0.3) is 16.8 Å². The minimum absolute atomic E-state index is 0.0276. The number of anilines is 1. The molecule has 2 aromatic heterocycles. The van der Waals surface area contributed by atoms with Crippen LogP contribution in [0.5, 0.6) is 0 Å². The molecule has 0 saturated carbocycles. The second kappa shape index (κ2) is 8.05. The minimum atomic E-state index is -0.108. The average Bonchev–Trinajstić information content (AvgIpc) is 3.34. The first-order valence-corrected chi connectivity index (χ1v) is 9.75. The summed E-state index contributed by atoms with van der Waals surface area (Å²) in [5.41, 5.74) is 9.97. The van der Waals surface area contributed by atoms with E-state index in [1.807, 2.05) is 27.6 Å². The molecule has 3 heterocycles. The number of nitrogen functional groups attached to an aromatic ring is 1. The number of aryl methyl sites for hydroxylation is 1. The summed E-state index contributed by atoms with van der Waals surface area (Å²) in [6.45, 7) is 3.17. The monoisotopic (exact) mass is 391 g/mol. The molecule has 29 heavy (non-hydrogen) atoms. The smallest absolute Gasteiger partial charge is 0.246 e. The van der Waals surface area contributed by atoms with Crippen LogP contribution in [0.15, 0.2) is 48.8 Å². The first-order chi connectivity index (χ1) is 14.1. The van der Waals surface area contributed by atoms with Crippen molar-refractivity contribution in [2.24, 2.45) is 0 Å². The quantitative estimate of drug-likeness (QED) is 0.675. The van der Waals surface area contributed by atoms with Crippen LogP contribution in [0.1, 0.15) is 30.3 Å². The van der Waals surface area contributed by atoms with Crippen molar-refractivity contribution in [2.75, 3.05) is 26.0 Å². The van der Waals surface area contributed by atoms with Crippen LogP contribution >= 0.6 is 0 Å². The van der Waals surface area contributed by atoms with E-state index in [9.17, 15) is 4.79 Å². The van der Waals surface area contributed by atoms with Crippen molar-refractivity contribution in [3.63, 3.8) is 0 Å². The zero-order valence-corrected chi connectivity index (χ0v) is 16.7. The number of hydrogen-bond acceptors (Lipinski definition) is 5. The topological polar surface area (TPSA) is 85.8 Å². The molecule has 1 atom stereocenters. The van der Waals surface area contributed by atoms with Gasteiger partial charge in [0.25, 0.3) is 0 Å². The van der Waals surface area contributed by atoms with Crippen molar-refractivity contribution in [1.82, 2.24) is 19.3 Å². The number of nitrogens with zero attached hydrogens (tertiary/aromatic N) is 4. The lowest BCUT2D eigenvalue weighted by Gasteiger charge is -2.22. The van der Waals surface area contributed by atoms with Crippen molar-refractivity contribution >= 4 is 17.2 Å². The Morgan fingerprint density at radius 2 is 2.14 bits per heavy atom. The third kappa shape index (κ3) is 3.61. The molecular formula is C22H25N5O2. The third-order valence-corrected chi connectivity index (χ3v) is 5.29. The molecule has 1 aliphatic rings. The van der Waals surface area contributed by atoms with E-state index in [1.54, 1.807) is 25.5 Å². The summed E-state index contributed by atoms with van der Waals surface area (Å²) < 4.78 is 6.98. The van der Waals surface area contributed by atoms with Crippen LogP contribution in [0.4, 0.5) is 5.82 Å². The van der Waals surface area contributed by atoms with Gasteiger partial charge in [-0.1, -0.05) is 35.9 Å². The number of carbonyl (C=O) groups is 1. The van der Waals surface area contributed by atoms with Crippen molar-refractivity contribution < 1.29 is 9.53 Å². The molecule has 1 fully saturated rings. The van der Waals surface area contributed by atoms with Gasteiger partial charge in [0, 0.05) is 37.7 Å². The number of rotatable bonds is 5. The molecule has 0 aliphatic carbocycles. The van der Waals surface area contributed by atoms with Gasteiger partial charge in [-0.05, 0) is 19.8 Å². The van der Waals surface area contributed by atoms with Gasteiger partial charge in [-0.2, -0.15) is 0 Å². The summed E-state index contributed by atoms with van der Waals surface area (Å²) in [7, 11) is 1.61. The van der Waals surface area contributed by atoms with Gasteiger partial charge in [0.2, 0.25) is 5.91 Å². The fraction of sp³-hybridized carbons (Fsp3) is 0.318. The maximum absolute atomic E-state index is 12.7. The van der Waals surface area contributed by atoms with Gasteiger partial charge >= 0.3 is 0 Å². The van der Waals surface area contributed by atoms with E-state index < -0.39 is 0 Å². The Kier molecular flexibility index (Phi) is 5.31. The van der Waals surface area contributed by atoms with Crippen molar-refractivity contribution in [1.29, 1.82) is 0 Å². The molecule has 3 aromatic rings. The largest absolute Gasteiger partial charge is 0.382 e. The summed E-state index contributed by atoms with van der Waals surface area (Å²) in [5, 5.41) is 0. The normalized spacial score (nSPS) is 16.9. The van der Waals surface area contributed by atoms with E-state index in [-0.39, 0.29) is 11.9 Å². The number of imidazole rings is 1. The zero-order valence-electron chi connectivity index (χ0n) is 16.7. The molecule has 150 valence electrons. The van der Waals surface area contributed by atoms with E-state index in [4.69, 9.17) is 15.5 Å². The number of methoxy groups -OCH3 is 1. The highest BCUT2D eigenvalue weighted by molar-refractivity contribution is 5.89. The number of likely N-dealkylation sites (tertiary alicyclic amines) is 1. The fourth-order valence-electron chi connectivity index (χ4n) is 3.87. The van der Waals surface area contributed by atoms with Crippen LogP contribution in [0.3, 0.4) is 0 Å². The lowest BCUT2D eigenvalue weighted by molar-refractivity contribution is -0.127. The summed E-state index contributed by atoms with van der Waals surface area (Å²) in [6, 6.07) is 8.08. The third-order valence-electron chi connectivity index (χ3n) is 5.29. The summed E-state index contributed by atoms with van der Waals surface area (Å²) in [4.78, 5) is 23.8. The Labute approximate surface area is 169 Å². The zero-order chi connectivity index (χ0) is 20.4. The highest BCUT2D eigenvalue weighted by Crippen LogP contribution is 2.36. The number of aromatic nitrogens is 3. The van der Waals surface area contributed by atoms with Gasteiger partial charge < -0.3 is 15.4 Å². The van der Waals surface area contributed by atoms with Crippen molar-refractivity contribution in [2.45, 2.75) is 25.8 Å². The molecule has 7 nitrogen and oxygen atoms in total. The molecular weight excluding hydrogens is 366 g/mol. The van der Waals surface area contributed by atoms with Gasteiger partial charge in [-0.15, -0.1) is 0 Å². The lowest BCUT2D eigenvalue weighted by atomic mass is 10.1. The van der Waals surface area contributed by atoms with Gasteiger partial charge in [-0.25, -0.2) is 9.97 Å². The van der Waals surface area contributed by atoms with Crippen LogP contribution in [-0.2, 0) is 9.53 Å². The fourth-order valence-corrected chi connectivity index (χ4v) is 3.87. The molecule has 1 saturated heterocycles. The minimum Gasteiger partial charge on any atom is -0.382 e. The average molecular weight is 391 g/mol. The summed E-state index contributed by atoms with van der Waals surface area (Å²) >= 11 is 0. The van der Waals surface area contributed by atoms with Crippen molar-refractivity contribution in [3.05, 3.63) is 60.2 Å². The number of benzene rings is 1. The van der Waals surface area contributed by atoms with Gasteiger partial charge in [-0.3, -0.25) is 9.20 Å². The van der Waals surface area contributed by atoms with Crippen LogP contribution < -0.4 is 5.73 Å². The summed E-state index contributed by atoms with van der Waals surface area (Å²) in [6.07, 6.45) is 8.65. The number of ether oxygens (including phenoxy) is 1. The molecule has 0 spiro atoms. The molecule has 2 N–H and O–H groups in total. The number of fused-ring (bicyclic) bond motifs is 1. The maximum atomic E-state index is 12.7. The number of amides is 1.